The molecule has 1 aromatic heterocycles. The fourth-order valence-electron chi connectivity index (χ4n) is 1.84. The highest BCUT2D eigenvalue weighted by atomic mass is 16.5. The van der Waals surface area contributed by atoms with Gasteiger partial charge in [-0.3, -0.25) is 0 Å². The normalized spacial score (nSPS) is 10.6. The van der Waals surface area contributed by atoms with E-state index in [1.807, 2.05) is 13.8 Å². The summed E-state index contributed by atoms with van der Waals surface area (Å²) in [5.74, 6) is -1.87. The Kier molecular flexibility index (Phi) is 2.82. The lowest BCUT2D eigenvalue weighted by atomic mass is 10.0. The van der Waals surface area contributed by atoms with Gasteiger partial charge in [0.05, 0.1) is 12.7 Å². The van der Waals surface area contributed by atoms with Crippen molar-refractivity contribution in [2.75, 3.05) is 7.11 Å². The molecule has 0 aliphatic heterocycles. The van der Waals surface area contributed by atoms with E-state index in [0.29, 0.717) is 16.5 Å². The van der Waals surface area contributed by atoms with Crippen molar-refractivity contribution >= 4 is 22.9 Å². The van der Waals surface area contributed by atoms with Gasteiger partial charge in [-0.05, 0) is 31.0 Å². The molecule has 0 aliphatic carbocycles. The summed E-state index contributed by atoms with van der Waals surface area (Å²) in [4.78, 5) is 22.6. The second-order valence-electron chi connectivity index (χ2n) is 4.02. The molecule has 1 N–H and O–H groups in total. The maximum Gasteiger partial charge on any atom is 0.371 e. The predicted octanol–water partition coefficient (Wildman–Crippen LogP) is 2.53. The number of carboxylic acids is 1. The summed E-state index contributed by atoms with van der Waals surface area (Å²) in [6.07, 6.45) is 0. The number of rotatable bonds is 2. The number of hydrogen-bond acceptors (Lipinski definition) is 4. The van der Waals surface area contributed by atoms with Crippen LogP contribution in [0.2, 0.25) is 0 Å². The molecule has 0 bridgehead atoms. The van der Waals surface area contributed by atoms with Gasteiger partial charge >= 0.3 is 11.9 Å². The van der Waals surface area contributed by atoms with Gasteiger partial charge in [-0.15, -0.1) is 0 Å². The number of aromatic carboxylic acids is 1. The molecule has 0 aliphatic rings. The molecule has 0 atom stereocenters. The quantitative estimate of drug-likeness (QED) is 0.826. The summed E-state index contributed by atoms with van der Waals surface area (Å²) < 4.78 is 9.95. The molecular weight excluding hydrogens is 236 g/mol. The minimum Gasteiger partial charge on any atom is -0.475 e. The number of carbonyl (C=O) groups is 2. The van der Waals surface area contributed by atoms with Crippen LogP contribution in [0.3, 0.4) is 0 Å². The van der Waals surface area contributed by atoms with Crippen LogP contribution in [-0.4, -0.2) is 24.2 Å². The lowest BCUT2D eigenvalue weighted by molar-refractivity contribution is 0.0601. The van der Waals surface area contributed by atoms with Crippen molar-refractivity contribution in [2.45, 2.75) is 13.8 Å². The number of fused-ring (bicyclic) bond motifs is 1. The number of esters is 1. The summed E-state index contributed by atoms with van der Waals surface area (Å²) in [6, 6.07) is 3.01. The Morgan fingerprint density at radius 3 is 2.50 bits per heavy atom. The van der Waals surface area contributed by atoms with Gasteiger partial charge in [0.25, 0.3) is 0 Å². The van der Waals surface area contributed by atoms with Gasteiger partial charge in [-0.2, -0.15) is 0 Å². The molecule has 0 radical (unpaired) electrons. The van der Waals surface area contributed by atoms with E-state index >= 15 is 0 Å². The molecule has 2 rings (SSSR count). The summed E-state index contributed by atoms with van der Waals surface area (Å²) in [6.45, 7) is 3.64. The van der Waals surface area contributed by atoms with E-state index in [1.165, 1.54) is 13.2 Å². The van der Waals surface area contributed by atoms with E-state index in [9.17, 15) is 9.59 Å². The second-order valence-corrected chi connectivity index (χ2v) is 4.02. The zero-order valence-corrected chi connectivity index (χ0v) is 10.2. The van der Waals surface area contributed by atoms with Crippen molar-refractivity contribution in [3.63, 3.8) is 0 Å². The van der Waals surface area contributed by atoms with Crippen molar-refractivity contribution in [1.29, 1.82) is 0 Å². The maximum atomic E-state index is 11.7. The molecular formula is C13H12O5. The molecule has 0 spiro atoms. The van der Waals surface area contributed by atoms with Gasteiger partial charge in [-0.1, -0.05) is 0 Å². The maximum absolute atomic E-state index is 11.7. The van der Waals surface area contributed by atoms with E-state index < -0.39 is 11.9 Å². The molecule has 0 fully saturated rings. The van der Waals surface area contributed by atoms with Crippen LogP contribution < -0.4 is 0 Å². The minimum absolute atomic E-state index is 0.191. The van der Waals surface area contributed by atoms with Gasteiger partial charge in [-0.25, -0.2) is 9.59 Å². The number of benzene rings is 1. The number of carboxylic acid groups (broad SMARTS) is 1. The third-order valence-electron chi connectivity index (χ3n) is 2.93. The third kappa shape index (κ3) is 1.73. The van der Waals surface area contributed by atoms with Crippen LogP contribution >= 0.6 is 0 Å². The monoisotopic (exact) mass is 248 g/mol. The van der Waals surface area contributed by atoms with Gasteiger partial charge in [0.15, 0.2) is 0 Å². The van der Waals surface area contributed by atoms with Crippen LogP contribution in [0.15, 0.2) is 16.5 Å². The van der Waals surface area contributed by atoms with Gasteiger partial charge in [0.2, 0.25) is 5.76 Å². The molecule has 18 heavy (non-hydrogen) atoms. The molecule has 0 saturated heterocycles. The molecule has 0 saturated carbocycles. The van der Waals surface area contributed by atoms with Crippen molar-refractivity contribution in [3.05, 3.63) is 34.6 Å². The SMILES string of the molecule is COC(=O)c1cc(C)c(C)c2oc(C(=O)O)cc12. The fourth-order valence-corrected chi connectivity index (χ4v) is 1.84. The van der Waals surface area contributed by atoms with Crippen molar-refractivity contribution < 1.29 is 23.8 Å². The molecule has 5 heteroatoms. The summed E-state index contributed by atoms with van der Waals surface area (Å²) >= 11 is 0. The van der Waals surface area contributed by atoms with E-state index in [1.54, 1.807) is 6.07 Å². The third-order valence-corrected chi connectivity index (χ3v) is 2.93. The van der Waals surface area contributed by atoms with Crippen molar-refractivity contribution in [2.24, 2.45) is 0 Å². The largest absolute Gasteiger partial charge is 0.475 e. The number of furan rings is 1. The first-order chi connectivity index (χ1) is 8.45. The number of ether oxygens (including phenoxy) is 1. The smallest absolute Gasteiger partial charge is 0.371 e. The fraction of sp³-hybridized carbons (Fsp3) is 0.231. The van der Waals surface area contributed by atoms with Gasteiger partial charge < -0.3 is 14.3 Å². The zero-order chi connectivity index (χ0) is 13.4. The molecule has 5 nitrogen and oxygen atoms in total. The first-order valence-corrected chi connectivity index (χ1v) is 5.31. The Morgan fingerprint density at radius 2 is 1.94 bits per heavy atom. The lowest BCUT2D eigenvalue weighted by Gasteiger charge is -2.05. The Morgan fingerprint density at radius 1 is 1.28 bits per heavy atom. The molecule has 94 valence electrons. The van der Waals surface area contributed by atoms with Crippen LogP contribution in [0.4, 0.5) is 0 Å². The van der Waals surface area contributed by atoms with E-state index in [4.69, 9.17) is 9.52 Å². The highest BCUT2D eigenvalue weighted by molar-refractivity contribution is 6.06. The summed E-state index contributed by atoms with van der Waals surface area (Å²) in [5, 5.41) is 9.38. The Bertz CT molecular complexity index is 651. The average Bonchev–Trinajstić information content (AvgIpc) is 2.78. The Balaban J connectivity index is 2.83. The van der Waals surface area contributed by atoms with Crippen LogP contribution in [0.5, 0.6) is 0 Å². The molecule has 0 amide bonds. The van der Waals surface area contributed by atoms with Gasteiger partial charge in [0.1, 0.15) is 5.58 Å². The number of methoxy groups -OCH3 is 1. The molecule has 2 aromatic rings. The van der Waals surface area contributed by atoms with Crippen LogP contribution in [-0.2, 0) is 4.74 Å². The number of hydrogen-bond donors (Lipinski definition) is 1. The molecule has 1 aromatic carbocycles. The second kappa shape index (κ2) is 4.18. The molecule has 0 unspecified atom stereocenters. The van der Waals surface area contributed by atoms with Crippen LogP contribution in [0.1, 0.15) is 32.0 Å². The highest BCUT2D eigenvalue weighted by Gasteiger charge is 2.20. The lowest BCUT2D eigenvalue weighted by Crippen LogP contribution is -2.02. The van der Waals surface area contributed by atoms with Crippen molar-refractivity contribution in [3.8, 4) is 0 Å². The van der Waals surface area contributed by atoms with Crippen LogP contribution in [0.25, 0.3) is 11.0 Å². The number of aryl methyl sites for hydroxylation is 2. The summed E-state index contributed by atoms with van der Waals surface area (Å²) in [7, 11) is 1.28. The standard InChI is InChI=1S/C13H12O5/c1-6-4-9(13(16)17-3)8-5-10(12(14)15)18-11(8)7(6)2/h4-5H,1-3H3,(H,14,15). The topological polar surface area (TPSA) is 76.7 Å². The predicted molar refractivity (Wildman–Crippen MR) is 64.0 cm³/mol. The molecule has 1 heterocycles. The Labute approximate surface area is 103 Å². The van der Waals surface area contributed by atoms with Crippen molar-refractivity contribution in [1.82, 2.24) is 0 Å². The van der Waals surface area contributed by atoms with Crippen LogP contribution in [0, 0.1) is 13.8 Å². The highest BCUT2D eigenvalue weighted by Crippen LogP contribution is 2.29. The first kappa shape index (κ1) is 12.2. The first-order valence-electron chi connectivity index (χ1n) is 5.31. The van der Waals surface area contributed by atoms with Gasteiger partial charge in [0, 0.05) is 11.5 Å². The van der Waals surface area contributed by atoms with E-state index in [2.05, 4.69) is 4.74 Å². The average molecular weight is 248 g/mol. The number of carbonyl (C=O) groups excluding carboxylic acids is 1. The summed E-state index contributed by atoms with van der Waals surface area (Å²) in [5.41, 5.74) is 2.37. The Hall–Kier alpha value is -2.30. The van der Waals surface area contributed by atoms with E-state index in [-0.39, 0.29) is 5.76 Å². The zero-order valence-electron chi connectivity index (χ0n) is 10.2. The van der Waals surface area contributed by atoms with E-state index in [0.717, 1.165) is 11.1 Å². The minimum atomic E-state index is -1.17.